The highest BCUT2D eigenvalue weighted by atomic mass is 16.7. The van der Waals surface area contributed by atoms with Crippen LogP contribution in [0.3, 0.4) is 0 Å². The second-order valence-electron chi connectivity index (χ2n) is 7.72. The van der Waals surface area contributed by atoms with Crippen LogP contribution in [0, 0.1) is 0 Å². The lowest BCUT2D eigenvalue weighted by atomic mass is 9.98. The van der Waals surface area contributed by atoms with E-state index in [1.165, 1.54) is 6.92 Å². The Kier molecular flexibility index (Phi) is 10.0. The Labute approximate surface area is 201 Å². The second-order valence-corrected chi connectivity index (χ2v) is 7.72. The fraction of sp³-hybridized carbons (Fsp3) is 0.522. The molecular weight excluding hydrogens is 468 g/mol. The van der Waals surface area contributed by atoms with Gasteiger partial charge in [-0.25, -0.2) is 0 Å². The van der Waals surface area contributed by atoms with Crippen molar-refractivity contribution in [3.63, 3.8) is 0 Å². The Morgan fingerprint density at radius 2 is 1.34 bits per heavy atom. The van der Waals surface area contributed by atoms with E-state index in [0.29, 0.717) is 6.42 Å². The summed E-state index contributed by atoms with van der Waals surface area (Å²) in [5.74, 6) is -3.52. The molecule has 1 aromatic carbocycles. The molecule has 12 nitrogen and oxygen atoms in total. The molecule has 192 valence electrons. The summed E-state index contributed by atoms with van der Waals surface area (Å²) in [6, 6.07) is 6.43. The molecule has 1 aliphatic rings. The van der Waals surface area contributed by atoms with E-state index in [1.807, 2.05) is 0 Å². The first-order valence-electron chi connectivity index (χ1n) is 10.7. The molecule has 0 amide bonds. The van der Waals surface area contributed by atoms with Crippen LogP contribution in [0.25, 0.3) is 0 Å². The maximum absolute atomic E-state index is 11.8. The summed E-state index contributed by atoms with van der Waals surface area (Å²) in [5, 5.41) is 8.83. The third-order valence-electron chi connectivity index (χ3n) is 4.75. The van der Waals surface area contributed by atoms with Gasteiger partial charge in [-0.15, -0.1) is 0 Å². The lowest BCUT2D eigenvalue weighted by Gasteiger charge is -2.43. The molecular formula is C23H28O12. The molecule has 12 heteroatoms. The number of carbonyl (C=O) groups is 5. The fourth-order valence-electron chi connectivity index (χ4n) is 3.40. The first-order valence-corrected chi connectivity index (χ1v) is 10.7. The van der Waals surface area contributed by atoms with Gasteiger partial charge in [-0.05, 0) is 24.1 Å². The van der Waals surface area contributed by atoms with Gasteiger partial charge in [-0.3, -0.25) is 24.0 Å². The van der Waals surface area contributed by atoms with Crippen LogP contribution >= 0.6 is 0 Å². The quantitative estimate of drug-likeness (QED) is 0.364. The van der Waals surface area contributed by atoms with E-state index >= 15 is 0 Å². The number of aliphatic carboxylic acids is 1. The maximum atomic E-state index is 11.8. The Bertz CT molecular complexity index is 925. The molecule has 35 heavy (non-hydrogen) atoms. The number of ether oxygens (including phenoxy) is 6. The first kappa shape index (κ1) is 27.6. The zero-order chi connectivity index (χ0) is 26.1. The number of benzene rings is 1. The topological polar surface area (TPSA) is 161 Å². The number of rotatable bonds is 10. The zero-order valence-corrected chi connectivity index (χ0v) is 19.8. The summed E-state index contributed by atoms with van der Waals surface area (Å²) in [5.41, 5.74) is 0.751. The SMILES string of the molecule is CC(=O)OC[C@H]1O[C@H](Oc2ccc(CCC(=O)O)cc2)[C@@H](OC(C)=O)[C@@H](OC(C)=O)[C@@H]1OC(C)=O. The predicted molar refractivity (Wildman–Crippen MR) is 115 cm³/mol. The van der Waals surface area contributed by atoms with Gasteiger partial charge in [0.1, 0.15) is 18.5 Å². The number of carboxylic acid groups (broad SMARTS) is 1. The second kappa shape index (κ2) is 12.7. The number of hydrogen-bond acceptors (Lipinski definition) is 11. The first-order chi connectivity index (χ1) is 16.5. The van der Waals surface area contributed by atoms with E-state index in [0.717, 1.165) is 26.3 Å². The van der Waals surface area contributed by atoms with E-state index in [1.54, 1.807) is 24.3 Å². The molecule has 0 radical (unpaired) electrons. The molecule has 1 aliphatic heterocycles. The van der Waals surface area contributed by atoms with Crippen LogP contribution in [0.4, 0.5) is 0 Å². The van der Waals surface area contributed by atoms with E-state index in [2.05, 4.69) is 0 Å². The van der Waals surface area contributed by atoms with E-state index < -0.39 is 60.6 Å². The monoisotopic (exact) mass is 496 g/mol. The smallest absolute Gasteiger partial charge is 0.303 e. The van der Waals surface area contributed by atoms with Crippen LogP contribution in [0.15, 0.2) is 24.3 Å². The van der Waals surface area contributed by atoms with Crippen molar-refractivity contribution in [3.8, 4) is 5.75 Å². The summed E-state index contributed by atoms with van der Waals surface area (Å²) in [6.07, 6.45) is -6.16. The van der Waals surface area contributed by atoms with E-state index in [-0.39, 0.29) is 18.8 Å². The third kappa shape index (κ3) is 8.89. The molecule has 1 heterocycles. The minimum Gasteiger partial charge on any atom is -0.481 e. The average Bonchev–Trinajstić information content (AvgIpc) is 2.75. The van der Waals surface area contributed by atoms with Gasteiger partial charge in [0.15, 0.2) is 12.2 Å². The van der Waals surface area contributed by atoms with Crippen molar-refractivity contribution in [1.82, 2.24) is 0 Å². The van der Waals surface area contributed by atoms with Crippen molar-refractivity contribution in [2.45, 2.75) is 71.2 Å². The molecule has 0 spiro atoms. The van der Waals surface area contributed by atoms with Gasteiger partial charge in [0.2, 0.25) is 12.4 Å². The molecule has 0 aliphatic carbocycles. The number of carboxylic acids is 1. The highest BCUT2D eigenvalue weighted by molar-refractivity contribution is 5.69. The fourth-order valence-corrected chi connectivity index (χ4v) is 3.40. The third-order valence-corrected chi connectivity index (χ3v) is 4.75. The lowest BCUT2D eigenvalue weighted by Crippen LogP contribution is -2.63. The summed E-state index contributed by atoms with van der Waals surface area (Å²) in [7, 11) is 0. The zero-order valence-electron chi connectivity index (χ0n) is 19.8. The molecule has 0 saturated carbocycles. The Hall–Kier alpha value is -3.67. The molecule has 0 aromatic heterocycles. The number of esters is 4. The lowest BCUT2D eigenvalue weighted by molar-refractivity contribution is -0.288. The van der Waals surface area contributed by atoms with Crippen molar-refractivity contribution >= 4 is 29.8 Å². The van der Waals surface area contributed by atoms with Crippen LogP contribution in [-0.4, -0.2) is 72.3 Å². The molecule has 1 fully saturated rings. The van der Waals surface area contributed by atoms with Crippen molar-refractivity contribution in [1.29, 1.82) is 0 Å². The highest BCUT2D eigenvalue weighted by Crippen LogP contribution is 2.31. The largest absolute Gasteiger partial charge is 0.481 e. The van der Waals surface area contributed by atoms with E-state index in [9.17, 15) is 24.0 Å². The standard InChI is InChI=1S/C23H28O12/c1-12(24)30-11-18-20(31-13(2)25)21(32-14(3)26)22(33-15(4)27)23(35-18)34-17-8-5-16(6-9-17)7-10-19(28)29/h5-6,8-9,18,20-23H,7,10-11H2,1-4H3,(H,28,29)/t18-,20-,21+,22+,23+/m1/s1. The number of carbonyl (C=O) groups excluding carboxylic acids is 4. The Morgan fingerprint density at radius 1 is 0.800 bits per heavy atom. The Balaban J connectivity index is 2.36. The number of aryl methyl sites for hydroxylation is 1. The van der Waals surface area contributed by atoms with Crippen LogP contribution < -0.4 is 4.74 Å². The summed E-state index contributed by atoms with van der Waals surface area (Å²) >= 11 is 0. The van der Waals surface area contributed by atoms with Gasteiger partial charge < -0.3 is 33.5 Å². The van der Waals surface area contributed by atoms with Gasteiger partial charge in [-0.1, -0.05) is 12.1 Å². The van der Waals surface area contributed by atoms with Crippen LogP contribution in [0.1, 0.15) is 39.7 Å². The average molecular weight is 496 g/mol. The minimum absolute atomic E-state index is 0.0418. The van der Waals surface area contributed by atoms with Gasteiger partial charge in [0, 0.05) is 34.1 Å². The maximum Gasteiger partial charge on any atom is 0.303 e. The molecule has 1 N–H and O–H groups in total. The summed E-state index contributed by atoms with van der Waals surface area (Å²) < 4.78 is 32.7. The van der Waals surface area contributed by atoms with Crippen LogP contribution in [0.5, 0.6) is 5.75 Å². The van der Waals surface area contributed by atoms with Crippen LogP contribution in [-0.2, 0) is 54.1 Å². The van der Waals surface area contributed by atoms with Gasteiger partial charge in [-0.2, -0.15) is 0 Å². The molecule has 2 rings (SSSR count). The van der Waals surface area contributed by atoms with Gasteiger partial charge in [0.25, 0.3) is 0 Å². The summed E-state index contributed by atoms with van der Waals surface area (Å²) in [6.45, 7) is 4.19. The highest BCUT2D eigenvalue weighted by Gasteiger charge is 2.53. The molecule has 1 aromatic rings. The van der Waals surface area contributed by atoms with Crippen LogP contribution in [0.2, 0.25) is 0 Å². The van der Waals surface area contributed by atoms with Crippen molar-refractivity contribution in [2.75, 3.05) is 6.61 Å². The van der Waals surface area contributed by atoms with Gasteiger partial charge in [0.05, 0.1) is 0 Å². The summed E-state index contributed by atoms with van der Waals surface area (Å²) in [4.78, 5) is 57.6. The predicted octanol–water partition coefficient (Wildman–Crippen LogP) is 1.17. The van der Waals surface area contributed by atoms with E-state index in [4.69, 9.17) is 33.5 Å². The van der Waals surface area contributed by atoms with Crippen molar-refractivity contribution in [2.24, 2.45) is 0 Å². The Morgan fingerprint density at radius 3 is 1.86 bits per heavy atom. The molecule has 0 unspecified atom stereocenters. The number of hydrogen-bond donors (Lipinski definition) is 1. The minimum atomic E-state index is -1.35. The van der Waals surface area contributed by atoms with Crippen molar-refractivity contribution < 1.29 is 57.5 Å². The molecule has 5 atom stereocenters. The van der Waals surface area contributed by atoms with Gasteiger partial charge >= 0.3 is 29.8 Å². The normalized spacial score (nSPS) is 23.5. The molecule has 1 saturated heterocycles. The van der Waals surface area contributed by atoms with Crippen molar-refractivity contribution in [3.05, 3.63) is 29.8 Å². The molecule has 0 bridgehead atoms.